The number of rotatable bonds is 0. The van der Waals surface area contributed by atoms with Crippen LogP contribution in [0.25, 0.3) is 43.1 Å². The fourth-order valence-corrected chi connectivity index (χ4v) is 4.46. The van der Waals surface area contributed by atoms with Gasteiger partial charge < -0.3 is 14.9 Å². The molecule has 0 fully saturated rings. The van der Waals surface area contributed by atoms with Gasteiger partial charge in [0, 0.05) is 89.0 Å². The average molecular weight is 572 g/mol. The quantitative estimate of drug-likeness (QED) is 0.0899. The van der Waals surface area contributed by atoms with Crippen molar-refractivity contribution in [2.75, 3.05) is 7.05 Å². The third-order valence-corrected chi connectivity index (χ3v) is 5.63. The van der Waals surface area contributed by atoms with Crippen LogP contribution in [-0.2, 0) is 65.4 Å². The summed E-state index contributed by atoms with van der Waals surface area (Å²) in [6, 6.07) is 21.2. The monoisotopic (exact) mass is 572 g/mol. The second-order valence-electron chi connectivity index (χ2n) is 6.86. The van der Waals surface area contributed by atoms with Crippen molar-refractivity contribution in [2.45, 2.75) is 13.8 Å². The number of hydrogen-bond donors (Lipinski definition) is 0. The minimum absolute atomic E-state index is 0. The van der Waals surface area contributed by atoms with E-state index < -0.39 is 0 Å². The van der Waals surface area contributed by atoms with E-state index in [9.17, 15) is 9.59 Å². The molecule has 0 unspecified atom stereocenters. The summed E-state index contributed by atoms with van der Waals surface area (Å²) in [6.45, 7) is 4.00. The Morgan fingerprint density at radius 2 is 1.16 bits per heavy atom. The van der Waals surface area contributed by atoms with Crippen LogP contribution in [-0.4, -0.2) is 23.8 Å². The molecule has 5 aromatic rings. The van der Waals surface area contributed by atoms with Gasteiger partial charge >= 0.3 is 0 Å². The molecule has 0 saturated heterocycles. The summed E-state index contributed by atoms with van der Waals surface area (Å²) < 4.78 is 0. The van der Waals surface area contributed by atoms with Gasteiger partial charge in [0.25, 0.3) is 11.8 Å². The summed E-state index contributed by atoms with van der Waals surface area (Å²) in [5, 5.41) is 8.44. The van der Waals surface area contributed by atoms with E-state index in [1.165, 1.54) is 10.3 Å². The largest absolute Gasteiger partial charge is 0.358 e. The summed E-state index contributed by atoms with van der Waals surface area (Å²) >= 11 is 0. The fraction of sp³-hybridized carbons (Fsp3) is 0.111. The predicted molar refractivity (Wildman–Crippen MR) is 127 cm³/mol. The minimum Gasteiger partial charge on any atom is -0.358 e. The van der Waals surface area contributed by atoms with E-state index in [1.54, 1.807) is 7.05 Å². The van der Waals surface area contributed by atoms with Gasteiger partial charge in [-0.05, 0) is 28.3 Å². The summed E-state index contributed by atoms with van der Waals surface area (Å²) in [6.07, 6.45) is 0. The number of imide groups is 1. The molecule has 6 rings (SSSR count). The molecule has 0 aromatic heterocycles. The second kappa shape index (κ2) is 10.8. The molecule has 0 atom stereocenters. The molecule has 2 amide bonds. The first-order valence-corrected chi connectivity index (χ1v) is 9.53. The standard InChI is InChI=1S/C23H12NO2.C2H6.2CH3.2Y/c1-24-22(25)17-10-8-15-13-6-2-4-12-5-3-7-14(19(12)13)16-9-11-18(23(24)26)21(17)20(15)16;1-2;;;;/h2-4,6-11H,1H3;1-2H3;2*1H3;;/q-1;;2*-1;;. The number of carbonyl (C=O) groups excluding carboxylic acids is 2. The maximum atomic E-state index is 12.7. The van der Waals surface area contributed by atoms with E-state index in [0.29, 0.717) is 11.1 Å². The van der Waals surface area contributed by atoms with Crippen molar-refractivity contribution < 1.29 is 75.0 Å². The van der Waals surface area contributed by atoms with Crippen molar-refractivity contribution in [3.63, 3.8) is 0 Å². The summed E-state index contributed by atoms with van der Waals surface area (Å²) in [5.74, 6) is -0.479. The van der Waals surface area contributed by atoms with E-state index in [4.69, 9.17) is 0 Å². The molecule has 0 aliphatic carbocycles. The molecule has 0 spiro atoms. The first kappa shape index (κ1) is 28.8. The van der Waals surface area contributed by atoms with Crippen LogP contribution < -0.4 is 0 Å². The van der Waals surface area contributed by atoms with Gasteiger partial charge in [0.2, 0.25) is 0 Å². The van der Waals surface area contributed by atoms with Crippen LogP contribution in [0.15, 0.2) is 54.6 Å². The maximum absolute atomic E-state index is 12.7. The maximum Gasteiger partial charge on any atom is 0.261 e. The van der Waals surface area contributed by atoms with Crippen molar-refractivity contribution in [3.05, 3.63) is 86.6 Å². The molecule has 1 heterocycles. The average Bonchev–Trinajstić information content (AvgIpc) is 2.75. The van der Waals surface area contributed by atoms with Crippen molar-refractivity contribution >= 4 is 54.9 Å². The summed E-state index contributed by atoms with van der Waals surface area (Å²) in [4.78, 5) is 26.6. The minimum atomic E-state index is -0.239. The van der Waals surface area contributed by atoms with Crippen LogP contribution >= 0.6 is 0 Å². The molecule has 1 aliphatic rings. The van der Waals surface area contributed by atoms with Gasteiger partial charge in [0.1, 0.15) is 0 Å². The Bertz CT molecular complexity index is 1340. The molecule has 32 heavy (non-hydrogen) atoms. The van der Waals surface area contributed by atoms with E-state index in [0.717, 1.165) is 37.7 Å². The molecular weight excluding hydrogens is 548 g/mol. The number of hydrogen-bond acceptors (Lipinski definition) is 2. The normalized spacial score (nSPS) is 11.9. The molecule has 0 bridgehead atoms. The Balaban J connectivity index is 0.000000832. The molecule has 158 valence electrons. The van der Waals surface area contributed by atoms with Gasteiger partial charge in [-0.1, -0.05) is 48.2 Å². The smallest absolute Gasteiger partial charge is 0.261 e. The van der Waals surface area contributed by atoms with Crippen molar-refractivity contribution in [3.8, 4) is 0 Å². The third kappa shape index (κ3) is 3.76. The zero-order valence-electron chi connectivity index (χ0n) is 19.1. The Morgan fingerprint density at radius 1 is 0.656 bits per heavy atom. The van der Waals surface area contributed by atoms with Gasteiger partial charge in [-0.25, -0.2) is 0 Å². The molecule has 1 aliphatic heterocycles. The van der Waals surface area contributed by atoms with Gasteiger partial charge in [-0.2, -0.15) is 0 Å². The summed E-state index contributed by atoms with van der Waals surface area (Å²) in [7, 11) is 1.54. The van der Waals surface area contributed by atoms with E-state index >= 15 is 0 Å². The molecular formula is C27H24NO2Y2-3. The molecule has 0 N–H and O–H groups in total. The van der Waals surface area contributed by atoms with Crippen LogP contribution in [0.4, 0.5) is 0 Å². The Morgan fingerprint density at radius 3 is 1.72 bits per heavy atom. The van der Waals surface area contributed by atoms with Crippen molar-refractivity contribution in [1.82, 2.24) is 4.90 Å². The predicted octanol–water partition coefficient (Wildman–Crippen LogP) is 6.68. The first-order chi connectivity index (χ1) is 13.7. The van der Waals surface area contributed by atoms with Crippen LogP contribution in [0, 0.1) is 20.9 Å². The molecule has 0 saturated carbocycles. The Labute approximate surface area is 240 Å². The van der Waals surface area contributed by atoms with Crippen LogP contribution in [0.2, 0.25) is 0 Å². The number of amides is 2. The van der Waals surface area contributed by atoms with E-state index in [1.807, 2.05) is 50.2 Å². The van der Waals surface area contributed by atoms with Crippen molar-refractivity contribution in [1.29, 1.82) is 0 Å². The van der Waals surface area contributed by atoms with Gasteiger partial charge in [0.15, 0.2) is 0 Å². The van der Waals surface area contributed by atoms with Crippen molar-refractivity contribution in [2.24, 2.45) is 0 Å². The molecule has 5 aromatic carbocycles. The first-order valence-electron chi connectivity index (χ1n) is 9.53. The number of carbonyl (C=O) groups is 2. The van der Waals surface area contributed by atoms with Crippen LogP contribution in [0.3, 0.4) is 0 Å². The zero-order chi connectivity index (χ0) is 19.6. The topological polar surface area (TPSA) is 37.4 Å². The second-order valence-corrected chi connectivity index (χ2v) is 6.86. The fourth-order valence-electron chi connectivity index (χ4n) is 4.46. The Hall–Kier alpha value is -1.25. The van der Waals surface area contributed by atoms with Gasteiger partial charge in [-0.3, -0.25) is 14.5 Å². The van der Waals surface area contributed by atoms with Gasteiger partial charge in [-0.15, -0.1) is 35.7 Å². The molecule has 5 heteroatoms. The molecule has 2 radical (unpaired) electrons. The van der Waals surface area contributed by atoms with Crippen LogP contribution in [0.5, 0.6) is 0 Å². The third-order valence-electron chi connectivity index (χ3n) is 5.63. The number of benzene rings is 5. The summed E-state index contributed by atoms with van der Waals surface area (Å²) in [5.41, 5.74) is 1.20. The van der Waals surface area contributed by atoms with E-state index in [-0.39, 0.29) is 92.1 Å². The number of fused-ring (bicyclic) bond motifs is 2. The SMILES string of the molecule is CC.CN1C(=O)c2ccc3c4cc[c-]c5cccc(c6ccc(c2c36)C1=O)c54.[CH3-].[CH3-].[Y].[Y]. The molecule has 3 nitrogen and oxygen atoms in total. The van der Waals surface area contributed by atoms with Crippen LogP contribution in [0.1, 0.15) is 34.6 Å². The number of nitrogens with zero attached hydrogens (tertiary/aromatic N) is 1. The zero-order valence-corrected chi connectivity index (χ0v) is 24.8. The van der Waals surface area contributed by atoms with E-state index in [2.05, 4.69) is 24.3 Å². The van der Waals surface area contributed by atoms with Gasteiger partial charge in [0.05, 0.1) is 0 Å². The Kier molecular flexibility index (Phi) is 9.70.